The van der Waals surface area contributed by atoms with Gasteiger partial charge in [-0.05, 0) is 12.8 Å². The molecule has 0 saturated carbocycles. The van der Waals surface area contributed by atoms with E-state index in [9.17, 15) is 19.2 Å². The predicted molar refractivity (Wildman–Crippen MR) is 76.0 cm³/mol. The van der Waals surface area contributed by atoms with Gasteiger partial charge in [-0.3, -0.25) is 20.4 Å². The van der Waals surface area contributed by atoms with Crippen LogP contribution in [0.1, 0.15) is 33.6 Å². The fourth-order valence-corrected chi connectivity index (χ4v) is 2.56. The van der Waals surface area contributed by atoms with E-state index in [0.717, 1.165) is 0 Å². The molecule has 2 heterocycles. The molecule has 2 rings (SSSR count). The highest BCUT2D eigenvalue weighted by Gasteiger charge is 2.44. The molecular formula is C14H19N3O6. The normalized spacial score (nSPS) is 23.3. The van der Waals surface area contributed by atoms with E-state index in [1.54, 1.807) is 7.05 Å². The zero-order chi connectivity index (χ0) is 17.4. The lowest BCUT2D eigenvalue weighted by Crippen LogP contribution is -2.49. The van der Waals surface area contributed by atoms with E-state index in [2.05, 4.69) is 10.9 Å². The lowest BCUT2D eigenvalue weighted by molar-refractivity contribution is -0.222. The molecule has 0 aromatic rings. The van der Waals surface area contributed by atoms with Gasteiger partial charge in [0, 0.05) is 33.5 Å². The lowest BCUT2D eigenvalue weighted by atomic mass is 10.1. The van der Waals surface area contributed by atoms with E-state index >= 15 is 0 Å². The Hall–Kier alpha value is -2.58. The summed E-state index contributed by atoms with van der Waals surface area (Å²) in [5.74, 6) is -3.68. The summed E-state index contributed by atoms with van der Waals surface area (Å²) in [6.07, 6.45) is 0.735. The molecule has 23 heavy (non-hydrogen) atoms. The van der Waals surface area contributed by atoms with Crippen molar-refractivity contribution in [1.82, 2.24) is 15.8 Å². The first-order chi connectivity index (χ1) is 10.6. The van der Waals surface area contributed by atoms with Crippen molar-refractivity contribution in [2.24, 2.45) is 0 Å². The lowest BCUT2D eigenvalue weighted by Gasteiger charge is -2.31. The number of hydrazine groups is 1. The smallest absolute Gasteiger partial charge is 0.350 e. The molecule has 0 aromatic carbocycles. The Kier molecular flexibility index (Phi) is 4.31. The fraction of sp³-hybridized carbons (Fsp3) is 0.571. The average molecular weight is 325 g/mol. The molecule has 2 amide bonds. The molecule has 1 atom stereocenters. The van der Waals surface area contributed by atoms with Gasteiger partial charge in [0.1, 0.15) is 6.04 Å². The quantitative estimate of drug-likeness (QED) is 0.285. The van der Waals surface area contributed by atoms with Crippen LogP contribution in [0.5, 0.6) is 0 Å². The highest BCUT2D eigenvalue weighted by molar-refractivity contribution is 6.16. The van der Waals surface area contributed by atoms with Gasteiger partial charge < -0.3 is 14.4 Å². The first-order valence-electron chi connectivity index (χ1n) is 7.11. The summed E-state index contributed by atoms with van der Waals surface area (Å²) in [5.41, 5.74) is 4.67. The molecule has 0 spiro atoms. The number of amides is 2. The SMILES string of the molecule is CC(=O)NNC(=O)C1CCC(=C2C(=O)OC(C)(C)OC2=O)N1C. The second kappa shape index (κ2) is 5.90. The highest BCUT2D eigenvalue weighted by atomic mass is 16.7. The number of cyclic esters (lactones) is 2. The molecule has 1 unspecified atom stereocenters. The van der Waals surface area contributed by atoms with E-state index in [1.807, 2.05) is 0 Å². The Morgan fingerprint density at radius 1 is 1.17 bits per heavy atom. The van der Waals surface area contributed by atoms with Crippen LogP contribution < -0.4 is 10.9 Å². The van der Waals surface area contributed by atoms with Crippen molar-refractivity contribution in [1.29, 1.82) is 0 Å². The Labute approximate surface area is 132 Å². The number of carbonyl (C=O) groups is 4. The van der Waals surface area contributed by atoms with Gasteiger partial charge in [0.15, 0.2) is 5.57 Å². The van der Waals surface area contributed by atoms with Gasteiger partial charge in [0.2, 0.25) is 5.91 Å². The molecule has 0 aromatic heterocycles. The number of hydrogen-bond donors (Lipinski definition) is 2. The van der Waals surface area contributed by atoms with E-state index in [1.165, 1.54) is 25.7 Å². The predicted octanol–water partition coefficient (Wildman–Crippen LogP) is -0.662. The van der Waals surface area contributed by atoms with Gasteiger partial charge in [0.05, 0.1) is 0 Å². The number of likely N-dealkylation sites (N-methyl/N-ethyl adjacent to an activating group) is 1. The molecule has 2 fully saturated rings. The van der Waals surface area contributed by atoms with Crippen LogP contribution in [0.15, 0.2) is 11.3 Å². The first-order valence-corrected chi connectivity index (χ1v) is 7.11. The number of allylic oxidation sites excluding steroid dienone is 1. The van der Waals surface area contributed by atoms with Crippen LogP contribution in [-0.4, -0.2) is 47.5 Å². The van der Waals surface area contributed by atoms with E-state index in [0.29, 0.717) is 18.5 Å². The monoisotopic (exact) mass is 325 g/mol. The summed E-state index contributed by atoms with van der Waals surface area (Å²) in [6, 6.07) is -0.611. The van der Waals surface area contributed by atoms with Crippen LogP contribution >= 0.6 is 0 Å². The van der Waals surface area contributed by atoms with Crippen molar-refractivity contribution in [3.8, 4) is 0 Å². The molecule has 0 bridgehead atoms. The Balaban J connectivity index is 2.19. The van der Waals surface area contributed by atoms with Crippen molar-refractivity contribution in [3.63, 3.8) is 0 Å². The largest absolute Gasteiger partial charge is 0.419 e. The fourth-order valence-electron chi connectivity index (χ4n) is 2.56. The first kappa shape index (κ1) is 16.8. The van der Waals surface area contributed by atoms with E-state index < -0.39 is 35.6 Å². The third kappa shape index (κ3) is 3.43. The van der Waals surface area contributed by atoms with Gasteiger partial charge in [-0.1, -0.05) is 0 Å². The minimum absolute atomic E-state index is 0.193. The standard InChI is InChI=1S/C14H19N3O6/c1-7(18)15-16-11(19)9-6-5-8(17(9)4)10-12(20)22-14(2,3)23-13(10)21/h9H,5-6H2,1-4H3,(H,15,18)(H,16,19). The molecule has 0 aliphatic carbocycles. The molecule has 126 valence electrons. The molecule has 9 nitrogen and oxygen atoms in total. The molecule has 2 saturated heterocycles. The van der Waals surface area contributed by atoms with Gasteiger partial charge >= 0.3 is 11.9 Å². The maximum absolute atomic E-state index is 12.1. The zero-order valence-corrected chi connectivity index (χ0v) is 13.4. The minimum atomic E-state index is -1.31. The summed E-state index contributed by atoms with van der Waals surface area (Å²) in [4.78, 5) is 48.5. The zero-order valence-electron chi connectivity index (χ0n) is 13.4. The number of ether oxygens (including phenoxy) is 2. The molecule has 2 aliphatic rings. The van der Waals surface area contributed by atoms with Crippen molar-refractivity contribution < 1.29 is 28.7 Å². The van der Waals surface area contributed by atoms with Crippen LogP contribution in [0.2, 0.25) is 0 Å². The summed E-state index contributed by atoms with van der Waals surface area (Å²) in [5, 5.41) is 0. The molecule has 0 radical (unpaired) electrons. The molecule has 2 N–H and O–H groups in total. The maximum atomic E-state index is 12.1. The van der Waals surface area contributed by atoms with Gasteiger partial charge in [-0.2, -0.15) is 0 Å². The summed E-state index contributed by atoms with van der Waals surface area (Å²) >= 11 is 0. The number of esters is 2. The van der Waals surface area contributed by atoms with Gasteiger partial charge in [0.25, 0.3) is 11.7 Å². The summed E-state index contributed by atoms with van der Waals surface area (Å²) < 4.78 is 10.1. The number of hydrogen-bond acceptors (Lipinski definition) is 7. The second-order valence-electron chi connectivity index (χ2n) is 5.84. The Morgan fingerprint density at radius 2 is 1.74 bits per heavy atom. The number of rotatable bonds is 1. The number of nitrogens with zero attached hydrogens (tertiary/aromatic N) is 1. The number of likely N-dealkylation sites (tertiary alicyclic amines) is 1. The summed E-state index contributed by atoms with van der Waals surface area (Å²) in [7, 11) is 1.59. The summed E-state index contributed by atoms with van der Waals surface area (Å²) in [6.45, 7) is 4.19. The van der Waals surface area contributed by atoms with E-state index in [-0.39, 0.29) is 5.57 Å². The van der Waals surface area contributed by atoms with Crippen molar-refractivity contribution in [3.05, 3.63) is 11.3 Å². The van der Waals surface area contributed by atoms with Crippen molar-refractivity contribution in [2.45, 2.75) is 45.4 Å². The second-order valence-corrected chi connectivity index (χ2v) is 5.84. The van der Waals surface area contributed by atoms with Crippen molar-refractivity contribution in [2.75, 3.05) is 7.05 Å². The van der Waals surface area contributed by atoms with Crippen LogP contribution in [0.3, 0.4) is 0 Å². The Bertz CT molecular complexity index is 588. The van der Waals surface area contributed by atoms with Crippen molar-refractivity contribution >= 4 is 23.8 Å². The van der Waals surface area contributed by atoms with Crippen LogP contribution in [-0.2, 0) is 28.7 Å². The highest BCUT2D eigenvalue weighted by Crippen LogP contribution is 2.33. The number of nitrogens with one attached hydrogen (secondary N) is 2. The van der Waals surface area contributed by atoms with Gasteiger partial charge in [-0.15, -0.1) is 0 Å². The van der Waals surface area contributed by atoms with Crippen LogP contribution in [0.4, 0.5) is 0 Å². The van der Waals surface area contributed by atoms with Crippen LogP contribution in [0.25, 0.3) is 0 Å². The third-order valence-corrected chi connectivity index (χ3v) is 3.59. The topological polar surface area (TPSA) is 114 Å². The third-order valence-electron chi connectivity index (χ3n) is 3.59. The molecule has 9 heteroatoms. The molecular weight excluding hydrogens is 306 g/mol. The van der Waals surface area contributed by atoms with Crippen LogP contribution in [0, 0.1) is 0 Å². The number of carbonyl (C=O) groups excluding carboxylic acids is 4. The minimum Gasteiger partial charge on any atom is -0.419 e. The molecule has 2 aliphatic heterocycles. The average Bonchev–Trinajstić information content (AvgIpc) is 2.76. The van der Waals surface area contributed by atoms with E-state index in [4.69, 9.17) is 9.47 Å². The Morgan fingerprint density at radius 3 is 2.26 bits per heavy atom. The van der Waals surface area contributed by atoms with Gasteiger partial charge in [-0.25, -0.2) is 9.59 Å². The maximum Gasteiger partial charge on any atom is 0.350 e.